The minimum Gasteiger partial charge on any atom is -0.481 e. The van der Waals surface area contributed by atoms with Gasteiger partial charge in [0, 0.05) is 23.8 Å². The number of hydrogen-bond donors (Lipinski definition) is 2. The largest absolute Gasteiger partial charge is 0.481 e. The van der Waals surface area contributed by atoms with Gasteiger partial charge in [-0.1, -0.05) is 13.8 Å². The first-order valence-electron chi connectivity index (χ1n) is 9.64. The number of aromatic nitrogens is 2. The maximum Gasteiger partial charge on any atom is 0.309 e. The Bertz CT molecular complexity index is 630. The van der Waals surface area contributed by atoms with Crippen molar-refractivity contribution in [2.24, 2.45) is 5.41 Å². The van der Waals surface area contributed by atoms with Crippen LogP contribution in [0.15, 0.2) is 6.20 Å². The van der Waals surface area contributed by atoms with Gasteiger partial charge in [0.1, 0.15) is 0 Å². The summed E-state index contributed by atoms with van der Waals surface area (Å²) in [5.41, 5.74) is 2.11. The quantitative estimate of drug-likeness (QED) is 0.844. The molecule has 3 saturated carbocycles. The molecule has 0 aliphatic heterocycles. The van der Waals surface area contributed by atoms with Crippen molar-refractivity contribution in [2.45, 2.75) is 96.7 Å². The molecule has 3 fully saturated rings. The van der Waals surface area contributed by atoms with Gasteiger partial charge in [-0.05, 0) is 65.2 Å². The van der Waals surface area contributed by atoms with Gasteiger partial charge >= 0.3 is 5.97 Å². The monoisotopic (exact) mass is 347 g/mol. The molecule has 0 radical (unpaired) electrons. The molecule has 140 valence electrons. The summed E-state index contributed by atoms with van der Waals surface area (Å²) < 4.78 is 2.08. The van der Waals surface area contributed by atoms with E-state index in [1.807, 2.05) is 0 Å². The van der Waals surface area contributed by atoms with E-state index in [1.165, 1.54) is 11.3 Å². The fraction of sp³-hybridized carbons (Fsp3) is 0.800. The number of carboxylic acids is 1. The van der Waals surface area contributed by atoms with Crippen molar-refractivity contribution in [3.05, 3.63) is 17.5 Å². The minimum absolute atomic E-state index is 0.0169. The van der Waals surface area contributed by atoms with Crippen LogP contribution in [0, 0.1) is 5.41 Å². The standard InChI is InChI=1S/C20H33N3O2/c1-14(2)16-15(13-23(22-16)18(3,4)5)12-21-20-9-6-19(7-10-20,8-11-20)17(24)25/h13-14,21H,6-12H2,1-5H3,(H,24,25). The zero-order valence-corrected chi connectivity index (χ0v) is 16.4. The third-order valence-electron chi connectivity index (χ3n) is 6.41. The molecule has 0 unspecified atom stereocenters. The first-order chi connectivity index (χ1) is 11.6. The van der Waals surface area contributed by atoms with E-state index < -0.39 is 11.4 Å². The smallest absolute Gasteiger partial charge is 0.309 e. The first kappa shape index (κ1) is 18.4. The fourth-order valence-corrected chi connectivity index (χ4v) is 4.44. The van der Waals surface area contributed by atoms with Crippen LogP contribution in [0.3, 0.4) is 0 Å². The Kier molecular flexibility index (Phi) is 4.51. The Labute approximate surface area is 151 Å². The maximum atomic E-state index is 11.6. The number of aliphatic carboxylic acids is 1. The molecule has 0 atom stereocenters. The molecule has 1 heterocycles. The maximum absolute atomic E-state index is 11.6. The van der Waals surface area contributed by atoms with Crippen LogP contribution in [-0.2, 0) is 16.9 Å². The van der Waals surface area contributed by atoms with Crippen LogP contribution >= 0.6 is 0 Å². The number of nitrogens with one attached hydrogen (secondary N) is 1. The Morgan fingerprint density at radius 1 is 1.24 bits per heavy atom. The molecule has 0 spiro atoms. The van der Waals surface area contributed by atoms with Gasteiger partial charge < -0.3 is 10.4 Å². The lowest BCUT2D eigenvalue weighted by atomic mass is 9.57. The van der Waals surface area contributed by atoms with Crippen LogP contribution in [0.4, 0.5) is 0 Å². The molecule has 0 amide bonds. The second-order valence-electron chi connectivity index (χ2n) is 9.53. The van der Waals surface area contributed by atoms with E-state index in [0.29, 0.717) is 5.92 Å². The summed E-state index contributed by atoms with van der Waals surface area (Å²) in [6.45, 7) is 11.7. The Balaban J connectivity index is 1.72. The van der Waals surface area contributed by atoms with Crippen molar-refractivity contribution in [3.8, 4) is 0 Å². The highest BCUT2D eigenvalue weighted by Gasteiger charge is 2.52. The van der Waals surface area contributed by atoms with Gasteiger partial charge in [-0.3, -0.25) is 9.48 Å². The zero-order chi connectivity index (χ0) is 18.5. The summed E-state index contributed by atoms with van der Waals surface area (Å²) >= 11 is 0. The predicted octanol–water partition coefficient (Wildman–Crippen LogP) is 4.03. The highest BCUT2D eigenvalue weighted by atomic mass is 16.4. The number of nitrogens with zero attached hydrogens (tertiary/aromatic N) is 2. The van der Waals surface area contributed by atoms with Gasteiger partial charge in [0.25, 0.3) is 0 Å². The van der Waals surface area contributed by atoms with Crippen molar-refractivity contribution in [1.29, 1.82) is 0 Å². The van der Waals surface area contributed by atoms with Gasteiger partial charge in [0.15, 0.2) is 0 Å². The molecule has 1 aromatic rings. The molecule has 3 aliphatic carbocycles. The van der Waals surface area contributed by atoms with Crippen molar-refractivity contribution in [1.82, 2.24) is 15.1 Å². The van der Waals surface area contributed by atoms with E-state index in [9.17, 15) is 9.90 Å². The van der Waals surface area contributed by atoms with Crippen LogP contribution in [0.25, 0.3) is 0 Å². The molecule has 1 aromatic heterocycles. The lowest BCUT2D eigenvalue weighted by Gasteiger charge is -2.51. The molecule has 5 heteroatoms. The van der Waals surface area contributed by atoms with E-state index in [4.69, 9.17) is 5.10 Å². The van der Waals surface area contributed by atoms with Crippen LogP contribution in [-0.4, -0.2) is 26.4 Å². The Morgan fingerprint density at radius 3 is 2.24 bits per heavy atom. The predicted molar refractivity (Wildman–Crippen MR) is 98.7 cm³/mol. The normalized spacial score (nSPS) is 29.4. The number of rotatable bonds is 5. The summed E-state index contributed by atoms with van der Waals surface area (Å²) in [6.07, 6.45) is 7.55. The van der Waals surface area contributed by atoms with E-state index in [0.717, 1.165) is 45.1 Å². The molecule has 5 nitrogen and oxygen atoms in total. The number of carbonyl (C=O) groups is 1. The van der Waals surface area contributed by atoms with E-state index >= 15 is 0 Å². The van der Waals surface area contributed by atoms with E-state index in [-0.39, 0.29) is 11.1 Å². The Hall–Kier alpha value is -1.36. The van der Waals surface area contributed by atoms with Crippen molar-refractivity contribution < 1.29 is 9.90 Å². The number of carboxylic acid groups (broad SMARTS) is 1. The zero-order valence-electron chi connectivity index (χ0n) is 16.4. The first-order valence-corrected chi connectivity index (χ1v) is 9.64. The topological polar surface area (TPSA) is 67.2 Å². The van der Waals surface area contributed by atoms with Gasteiger partial charge in [0.2, 0.25) is 0 Å². The molecule has 0 saturated heterocycles. The highest BCUT2D eigenvalue weighted by molar-refractivity contribution is 5.75. The Morgan fingerprint density at radius 2 is 1.80 bits per heavy atom. The van der Waals surface area contributed by atoms with Crippen molar-refractivity contribution in [2.75, 3.05) is 0 Å². The average molecular weight is 348 g/mol. The van der Waals surface area contributed by atoms with Crippen LogP contribution < -0.4 is 5.32 Å². The molecule has 2 bridgehead atoms. The third-order valence-corrected chi connectivity index (χ3v) is 6.41. The molecule has 4 rings (SSSR count). The third kappa shape index (κ3) is 3.35. The molecule has 2 N–H and O–H groups in total. The summed E-state index contributed by atoms with van der Waals surface area (Å²) in [4.78, 5) is 11.6. The molecule has 0 aromatic carbocycles. The van der Waals surface area contributed by atoms with Gasteiger partial charge in [-0.25, -0.2) is 0 Å². The van der Waals surface area contributed by atoms with Gasteiger partial charge in [0.05, 0.1) is 16.6 Å². The average Bonchev–Trinajstić information content (AvgIpc) is 2.99. The van der Waals surface area contributed by atoms with Crippen molar-refractivity contribution in [3.63, 3.8) is 0 Å². The van der Waals surface area contributed by atoms with E-state index in [1.54, 1.807) is 0 Å². The number of hydrogen-bond acceptors (Lipinski definition) is 3. The fourth-order valence-electron chi connectivity index (χ4n) is 4.44. The minimum atomic E-state index is -0.589. The van der Waals surface area contributed by atoms with Crippen LogP contribution in [0.1, 0.15) is 90.3 Å². The molecule has 3 aliphatic rings. The lowest BCUT2D eigenvalue weighted by molar-refractivity contribution is -0.156. The second-order valence-corrected chi connectivity index (χ2v) is 9.53. The molecular formula is C20H33N3O2. The van der Waals surface area contributed by atoms with Gasteiger partial charge in [-0.15, -0.1) is 0 Å². The molecule has 25 heavy (non-hydrogen) atoms. The molecular weight excluding hydrogens is 314 g/mol. The summed E-state index contributed by atoms with van der Waals surface area (Å²) in [5, 5.41) is 18.2. The summed E-state index contributed by atoms with van der Waals surface area (Å²) in [6, 6.07) is 0. The summed E-state index contributed by atoms with van der Waals surface area (Å²) in [7, 11) is 0. The SMILES string of the molecule is CC(C)c1nn(C(C)(C)C)cc1CNC12CCC(C(=O)O)(CC1)CC2. The second kappa shape index (κ2) is 6.11. The van der Waals surface area contributed by atoms with Gasteiger partial charge in [-0.2, -0.15) is 5.10 Å². The van der Waals surface area contributed by atoms with Crippen LogP contribution in [0.2, 0.25) is 0 Å². The van der Waals surface area contributed by atoms with E-state index in [2.05, 4.69) is 50.8 Å². The number of fused-ring (bicyclic) bond motifs is 3. The lowest BCUT2D eigenvalue weighted by Crippen LogP contribution is -2.56. The summed E-state index contributed by atoms with van der Waals surface area (Å²) in [5.74, 6) is -0.190. The highest BCUT2D eigenvalue weighted by Crippen LogP contribution is 2.52. The van der Waals surface area contributed by atoms with Crippen molar-refractivity contribution >= 4 is 5.97 Å². The van der Waals surface area contributed by atoms with Crippen LogP contribution in [0.5, 0.6) is 0 Å².